The normalized spacial score (nSPS) is 9.78. The molecule has 0 aliphatic rings. The molecule has 0 amide bonds. The largest absolute Gasteiger partial charge is 0.363 e. The minimum absolute atomic E-state index is 0.242. The highest BCUT2D eigenvalue weighted by Gasteiger charge is 2.10. The molecule has 6 heteroatoms. The second kappa shape index (κ2) is 5.34. The van der Waals surface area contributed by atoms with Crippen LogP contribution in [0, 0.1) is 11.3 Å². The van der Waals surface area contributed by atoms with Gasteiger partial charge in [0.1, 0.15) is 6.07 Å². The van der Waals surface area contributed by atoms with E-state index in [1.807, 2.05) is 6.07 Å². The zero-order valence-corrected chi connectivity index (χ0v) is 10.2. The van der Waals surface area contributed by atoms with Crippen molar-refractivity contribution in [3.8, 4) is 11.8 Å². The summed E-state index contributed by atoms with van der Waals surface area (Å²) in [7, 11) is 0. The highest BCUT2D eigenvalue weighted by atomic mass is 35.5. The Morgan fingerprint density at radius 2 is 2.11 bits per heavy atom. The van der Waals surface area contributed by atoms with Crippen molar-refractivity contribution < 1.29 is 0 Å². The average molecular weight is 260 g/mol. The number of nitrogens with zero attached hydrogens (tertiary/aromatic N) is 4. The van der Waals surface area contributed by atoms with Crippen LogP contribution in [0.1, 0.15) is 5.69 Å². The zero-order chi connectivity index (χ0) is 13.0. The molecule has 0 spiro atoms. The molecule has 1 aromatic heterocycles. The molecule has 0 atom stereocenters. The van der Waals surface area contributed by atoms with Crippen LogP contribution >= 0.6 is 11.6 Å². The molecule has 0 aliphatic carbocycles. The highest BCUT2D eigenvalue weighted by Crippen LogP contribution is 2.15. The lowest BCUT2D eigenvalue weighted by atomic mass is 10.3. The smallest absolute Gasteiger partial charge is 0.207 e. The second-order valence-corrected chi connectivity index (χ2v) is 3.88. The summed E-state index contributed by atoms with van der Waals surface area (Å²) in [4.78, 5) is 1.39. The van der Waals surface area contributed by atoms with Gasteiger partial charge in [-0.25, -0.2) is 0 Å². The van der Waals surface area contributed by atoms with Gasteiger partial charge in [0.05, 0.1) is 5.69 Å². The molecule has 2 rings (SSSR count). The molecule has 1 aromatic carbocycles. The van der Waals surface area contributed by atoms with Gasteiger partial charge in [-0.15, -0.1) is 21.6 Å². The van der Waals surface area contributed by atoms with E-state index in [1.165, 1.54) is 4.80 Å². The maximum atomic E-state index is 8.97. The topological polar surface area (TPSA) is 66.5 Å². The Kier molecular flexibility index (Phi) is 3.60. The van der Waals surface area contributed by atoms with Crippen molar-refractivity contribution >= 4 is 17.4 Å². The number of anilines is 1. The van der Waals surface area contributed by atoms with E-state index >= 15 is 0 Å². The Balaban J connectivity index is 2.34. The third-order valence-corrected chi connectivity index (χ3v) is 2.44. The summed E-state index contributed by atoms with van der Waals surface area (Å²) in [5.74, 6) is 0.437. The molecule has 1 N–H and O–H groups in total. The van der Waals surface area contributed by atoms with Crippen molar-refractivity contribution in [3.63, 3.8) is 0 Å². The van der Waals surface area contributed by atoms with Crippen LogP contribution in [0.4, 0.5) is 5.82 Å². The molecular formula is C12H10ClN5. The molecule has 0 aliphatic heterocycles. The molecule has 0 saturated heterocycles. The van der Waals surface area contributed by atoms with Crippen LogP contribution in [0.3, 0.4) is 0 Å². The van der Waals surface area contributed by atoms with Crippen LogP contribution in [0.15, 0.2) is 36.9 Å². The Labute approximate surface area is 109 Å². The van der Waals surface area contributed by atoms with E-state index in [4.69, 9.17) is 16.9 Å². The summed E-state index contributed by atoms with van der Waals surface area (Å²) in [6.07, 6.45) is 1.68. The van der Waals surface area contributed by atoms with Crippen LogP contribution < -0.4 is 5.32 Å². The summed E-state index contributed by atoms with van der Waals surface area (Å²) in [5.41, 5.74) is 0.981. The van der Waals surface area contributed by atoms with Gasteiger partial charge in [-0.2, -0.15) is 5.26 Å². The van der Waals surface area contributed by atoms with E-state index in [2.05, 4.69) is 22.1 Å². The number of halogens is 1. The predicted molar refractivity (Wildman–Crippen MR) is 69.8 cm³/mol. The molecule has 1 heterocycles. The first-order valence-electron chi connectivity index (χ1n) is 5.22. The van der Waals surface area contributed by atoms with Crippen molar-refractivity contribution in [2.45, 2.75) is 0 Å². The van der Waals surface area contributed by atoms with E-state index in [-0.39, 0.29) is 5.69 Å². The first kappa shape index (κ1) is 12.1. The molecule has 0 radical (unpaired) electrons. The fourth-order valence-corrected chi connectivity index (χ4v) is 1.49. The molecule has 0 fully saturated rings. The van der Waals surface area contributed by atoms with Gasteiger partial charge >= 0.3 is 0 Å². The van der Waals surface area contributed by atoms with E-state index in [9.17, 15) is 0 Å². The van der Waals surface area contributed by atoms with Crippen molar-refractivity contribution in [2.75, 3.05) is 11.9 Å². The number of benzene rings is 1. The number of rotatable bonds is 4. The number of hydrogen-bond donors (Lipinski definition) is 1. The number of aromatic nitrogens is 3. The third kappa shape index (κ3) is 2.50. The van der Waals surface area contributed by atoms with Gasteiger partial charge in [-0.05, 0) is 24.3 Å². The summed E-state index contributed by atoms with van der Waals surface area (Å²) < 4.78 is 0. The van der Waals surface area contributed by atoms with Crippen molar-refractivity contribution in [1.82, 2.24) is 15.0 Å². The van der Waals surface area contributed by atoms with Gasteiger partial charge in [0.15, 0.2) is 5.82 Å². The Morgan fingerprint density at radius 1 is 1.39 bits per heavy atom. The van der Waals surface area contributed by atoms with Crippen LogP contribution in [-0.2, 0) is 0 Å². The summed E-state index contributed by atoms with van der Waals surface area (Å²) in [6.45, 7) is 4.11. The van der Waals surface area contributed by atoms with Crippen molar-refractivity contribution in [1.29, 1.82) is 5.26 Å². The first-order chi connectivity index (χ1) is 8.74. The molecule has 0 unspecified atom stereocenters. The average Bonchev–Trinajstić information content (AvgIpc) is 2.80. The Morgan fingerprint density at radius 3 is 2.72 bits per heavy atom. The summed E-state index contributed by atoms with van der Waals surface area (Å²) in [5, 5.41) is 20.8. The third-order valence-electron chi connectivity index (χ3n) is 2.19. The van der Waals surface area contributed by atoms with Crippen molar-refractivity contribution in [3.05, 3.63) is 47.6 Å². The molecule has 18 heavy (non-hydrogen) atoms. The molecular weight excluding hydrogens is 250 g/mol. The minimum Gasteiger partial charge on any atom is -0.363 e. The van der Waals surface area contributed by atoms with Crippen LogP contribution in [0.5, 0.6) is 0 Å². The standard InChI is InChI=1S/C12H10ClN5/c1-2-7-15-12-11(8-14)16-18(17-12)10-5-3-9(13)4-6-10/h2-6H,1,7H2,(H,15,17). The molecule has 5 nitrogen and oxygen atoms in total. The van der Waals surface area contributed by atoms with Gasteiger partial charge in [-0.1, -0.05) is 17.7 Å². The van der Waals surface area contributed by atoms with Gasteiger partial charge in [0, 0.05) is 11.6 Å². The van der Waals surface area contributed by atoms with Crippen LogP contribution in [0.2, 0.25) is 5.02 Å². The maximum absolute atomic E-state index is 8.97. The monoisotopic (exact) mass is 259 g/mol. The second-order valence-electron chi connectivity index (χ2n) is 3.44. The predicted octanol–water partition coefficient (Wildman–Crippen LogP) is 2.39. The molecule has 90 valence electrons. The summed E-state index contributed by atoms with van der Waals surface area (Å²) >= 11 is 5.81. The van der Waals surface area contributed by atoms with Crippen LogP contribution in [0.25, 0.3) is 5.69 Å². The Hall–Kier alpha value is -2.32. The van der Waals surface area contributed by atoms with Gasteiger partial charge < -0.3 is 5.32 Å². The maximum Gasteiger partial charge on any atom is 0.207 e. The molecule has 0 bridgehead atoms. The van der Waals surface area contributed by atoms with E-state index in [0.717, 1.165) is 5.69 Å². The highest BCUT2D eigenvalue weighted by molar-refractivity contribution is 6.30. The quantitative estimate of drug-likeness (QED) is 0.856. The van der Waals surface area contributed by atoms with Gasteiger partial charge in [-0.3, -0.25) is 0 Å². The summed E-state index contributed by atoms with van der Waals surface area (Å²) in [6, 6.07) is 9.02. The fraction of sp³-hybridized carbons (Fsp3) is 0.0833. The molecule has 2 aromatic rings. The number of nitriles is 1. The van der Waals surface area contributed by atoms with Crippen LogP contribution in [-0.4, -0.2) is 21.5 Å². The molecule has 0 saturated carbocycles. The lowest BCUT2D eigenvalue weighted by molar-refractivity contribution is 0.750. The number of nitrogens with one attached hydrogen (secondary N) is 1. The van der Waals surface area contributed by atoms with E-state index in [0.29, 0.717) is 17.4 Å². The first-order valence-corrected chi connectivity index (χ1v) is 5.60. The zero-order valence-electron chi connectivity index (χ0n) is 9.47. The van der Waals surface area contributed by atoms with Crippen molar-refractivity contribution in [2.24, 2.45) is 0 Å². The van der Waals surface area contributed by atoms with Gasteiger partial charge in [0.2, 0.25) is 5.69 Å². The SMILES string of the molecule is C=CCNc1nn(-c2ccc(Cl)cc2)nc1C#N. The lowest BCUT2D eigenvalue weighted by Gasteiger charge is -1.99. The fourth-order valence-electron chi connectivity index (χ4n) is 1.36. The minimum atomic E-state index is 0.242. The van der Waals surface area contributed by atoms with Gasteiger partial charge in [0.25, 0.3) is 0 Å². The van der Waals surface area contributed by atoms with E-state index in [1.54, 1.807) is 30.3 Å². The number of hydrogen-bond acceptors (Lipinski definition) is 4. The lowest BCUT2D eigenvalue weighted by Crippen LogP contribution is -2.01. The van der Waals surface area contributed by atoms with E-state index < -0.39 is 0 Å². The Bertz CT molecular complexity index is 594.